The van der Waals surface area contributed by atoms with E-state index in [0.29, 0.717) is 17.9 Å². The molecule has 0 amide bonds. The van der Waals surface area contributed by atoms with Gasteiger partial charge in [-0.3, -0.25) is 0 Å². The second-order valence-electron chi connectivity index (χ2n) is 4.38. The molecule has 1 nitrogen and oxygen atoms in total. The monoisotopic (exact) mass is 278 g/mol. The van der Waals surface area contributed by atoms with Gasteiger partial charge in [0, 0.05) is 4.90 Å². The molecule has 5 heteroatoms. The van der Waals surface area contributed by atoms with Crippen molar-refractivity contribution in [3.8, 4) is 0 Å². The number of aliphatic hydroxyl groups is 1. The smallest absolute Gasteiger partial charge is 0.388 e. The van der Waals surface area contributed by atoms with Gasteiger partial charge >= 0.3 is 5.51 Å². The Hall–Kier alpha value is -0.680. The van der Waals surface area contributed by atoms with E-state index in [9.17, 15) is 18.3 Å². The Morgan fingerprint density at radius 1 is 1.22 bits per heavy atom. The standard InChI is InChI=1S/C13H17F3OS/c1-3-9(2)8-12(17)10-4-6-11(7-5-10)18-13(14,15)16/h4-7,9,12,17H,3,8H2,1-2H3. The third-order valence-corrected chi connectivity index (χ3v) is 3.56. The van der Waals surface area contributed by atoms with E-state index < -0.39 is 11.6 Å². The Labute approximate surface area is 109 Å². The number of thioether (sulfide) groups is 1. The summed E-state index contributed by atoms with van der Waals surface area (Å²) in [5, 5.41) is 9.92. The number of alkyl halides is 3. The van der Waals surface area contributed by atoms with Crippen LogP contribution in [0, 0.1) is 5.92 Å². The predicted octanol–water partition coefficient (Wildman–Crippen LogP) is 4.77. The number of rotatable bonds is 5. The first-order valence-electron chi connectivity index (χ1n) is 5.85. The molecular weight excluding hydrogens is 261 g/mol. The van der Waals surface area contributed by atoms with Gasteiger partial charge in [0.1, 0.15) is 0 Å². The zero-order valence-electron chi connectivity index (χ0n) is 10.4. The average Bonchev–Trinajstić information content (AvgIpc) is 2.27. The number of halogens is 3. The molecule has 0 radical (unpaired) electrons. The van der Waals surface area contributed by atoms with E-state index >= 15 is 0 Å². The Kier molecular flexibility index (Phi) is 5.53. The molecule has 0 heterocycles. The lowest BCUT2D eigenvalue weighted by molar-refractivity contribution is -0.0328. The molecule has 1 aromatic carbocycles. The van der Waals surface area contributed by atoms with Gasteiger partial charge in [-0.15, -0.1) is 0 Å². The SMILES string of the molecule is CCC(C)CC(O)c1ccc(SC(F)(F)F)cc1. The summed E-state index contributed by atoms with van der Waals surface area (Å²) in [6.45, 7) is 4.08. The van der Waals surface area contributed by atoms with Crippen molar-refractivity contribution in [1.29, 1.82) is 0 Å². The second-order valence-corrected chi connectivity index (χ2v) is 5.52. The maximum Gasteiger partial charge on any atom is 0.446 e. The number of hydrogen-bond acceptors (Lipinski definition) is 2. The van der Waals surface area contributed by atoms with E-state index in [0.717, 1.165) is 6.42 Å². The molecule has 0 saturated heterocycles. The first-order chi connectivity index (χ1) is 8.31. The number of aliphatic hydroxyl groups excluding tert-OH is 1. The number of hydrogen-bond donors (Lipinski definition) is 1. The third-order valence-electron chi connectivity index (χ3n) is 2.82. The van der Waals surface area contributed by atoms with Crippen molar-refractivity contribution in [2.75, 3.05) is 0 Å². The van der Waals surface area contributed by atoms with Gasteiger partial charge in [0.15, 0.2) is 0 Å². The van der Waals surface area contributed by atoms with Crippen LogP contribution in [0.15, 0.2) is 29.2 Å². The first-order valence-corrected chi connectivity index (χ1v) is 6.67. The van der Waals surface area contributed by atoms with Gasteiger partial charge in [-0.2, -0.15) is 13.2 Å². The Morgan fingerprint density at radius 3 is 2.22 bits per heavy atom. The highest BCUT2D eigenvalue weighted by Crippen LogP contribution is 2.37. The van der Waals surface area contributed by atoms with Crippen LogP contribution < -0.4 is 0 Å². The van der Waals surface area contributed by atoms with E-state index in [1.165, 1.54) is 12.1 Å². The van der Waals surface area contributed by atoms with Crippen LogP contribution in [0.5, 0.6) is 0 Å². The summed E-state index contributed by atoms with van der Waals surface area (Å²) in [5.41, 5.74) is -3.60. The molecule has 102 valence electrons. The van der Waals surface area contributed by atoms with Crippen molar-refractivity contribution >= 4 is 11.8 Å². The lowest BCUT2D eigenvalue weighted by atomic mass is 9.96. The van der Waals surface area contributed by atoms with E-state index in [4.69, 9.17) is 0 Å². The highest BCUT2D eigenvalue weighted by atomic mass is 32.2. The Bertz CT molecular complexity index is 361. The van der Waals surface area contributed by atoms with Crippen LogP contribution >= 0.6 is 11.8 Å². The van der Waals surface area contributed by atoms with Crippen LogP contribution in [-0.4, -0.2) is 10.6 Å². The first kappa shape index (κ1) is 15.4. The van der Waals surface area contributed by atoms with Gasteiger partial charge in [0.2, 0.25) is 0 Å². The highest BCUT2D eigenvalue weighted by Gasteiger charge is 2.29. The largest absolute Gasteiger partial charge is 0.446 e. The molecular formula is C13H17F3OS. The van der Waals surface area contributed by atoms with Gasteiger partial charge < -0.3 is 5.11 Å². The maximum absolute atomic E-state index is 12.1. The lowest BCUT2D eigenvalue weighted by Crippen LogP contribution is -2.04. The molecule has 18 heavy (non-hydrogen) atoms. The summed E-state index contributed by atoms with van der Waals surface area (Å²) in [5.74, 6) is 0.393. The number of benzene rings is 1. The lowest BCUT2D eigenvalue weighted by Gasteiger charge is -2.15. The van der Waals surface area contributed by atoms with Crippen molar-refractivity contribution in [1.82, 2.24) is 0 Å². The Balaban J connectivity index is 2.65. The summed E-state index contributed by atoms with van der Waals surface area (Å²) in [7, 11) is 0. The summed E-state index contributed by atoms with van der Waals surface area (Å²) in [6, 6.07) is 5.91. The molecule has 0 fully saturated rings. The van der Waals surface area contributed by atoms with Crippen LogP contribution in [0.3, 0.4) is 0 Å². The minimum absolute atomic E-state index is 0.141. The highest BCUT2D eigenvalue weighted by molar-refractivity contribution is 8.00. The molecule has 0 aliphatic rings. The van der Waals surface area contributed by atoms with Crippen LogP contribution in [0.4, 0.5) is 13.2 Å². The van der Waals surface area contributed by atoms with Crippen LogP contribution in [0.2, 0.25) is 0 Å². The van der Waals surface area contributed by atoms with E-state index in [1.807, 2.05) is 13.8 Å². The molecule has 0 bridgehead atoms. The van der Waals surface area contributed by atoms with Crippen LogP contribution in [0.1, 0.15) is 38.4 Å². The summed E-state index contributed by atoms with van der Waals surface area (Å²) in [6.07, 6.45) is 0.992. The molecule has 2 unspecified atom stereocenters. The molecule has 0 aliphatic heterocycles. The van der Waals surface area contributed by atoms with Crippen molar-refractivity contribution in [2.24, 2.45) is 5.92 Å². The molecule has 0 saturated carbocycles. The Morgan fingerprint density at radius 2 is 1.78 bits per heavy atom. The molecule has 2 atom stereocenters. The summed E-state index contributed by atoms with van der Waals surface area (Å²) >= 11 is -0.142. The summed E-state index contributed by atoms with van der Waals surface area (Å²) in [4.78, 5) is 0.141. The normalized spacial score (nSPS) is 15.4. The van der Waals surface area contributed by atoms with Crippen molar-refractivity contribution < 1.29 is 18.3 Å². The van der Waals surface area contributed by atoms with E-state index in [2.05, 4.69) is 0 Å². The van der Waals surface area contributed by atoms with Crippen molar-refractivity contribution in [3.05, 3.63) is 29.8 Å². The predicted molar refractivity (Wildman–Crippen MR) is 67.4 cm³/mol. The minimum Gasteiger partial charge on any atom is -0.388 e. The topological polar surface area (TPSA) is 20.2 Å². The van der Waals surface area contributed by atoms with Crippen LogP contribution in [0.25, 0.3) is 0 Å². The van der Waals surface area contributed by atoms with Gasteiger partial charge in [0.25, 0.3) is 0 Å². The van der Waals surface area contributed by atoms with E-state index in [-0.39, 0.29) is 16.7 Å². The molecule has 0 aliphatic carbocycles. The zero-order valence-corrected chi connectivity index (χ0v) is 11.2. The molecule has 1 N–H and O–H groups in total. The van der Waals surface area contributed by atoms with Crippen molar-refractivity contribution in [2.45, 2.75) is 43.2 Å². The zero-order chi connectivity index (χ0) is 13.8. The average molecular weight is 278 g/mol. The van der Waals surface area contributed by atoms with Crippen LogP contribution in [-0.2, 0) is 0 Å². The fourth-order valence-corrected chi connectivity index (χ4v) is 2.11. The van der Waals surface area contributed by atoms with E-state index in [1.54, 1.807) is 12.1 Å². The summed E-state index contributed by atoms with van der Waals surface area (Å²) < 4.78 is 36.4. The molecule has 1 rings (SSSR count). The molecule has 0 spiro atoms. The fraction of sp³-hybridized carbons (Fsp3) is 0.538. The van der Waals surface area contributed by atoms with Gasteiger partial charge in [-0.25, -0.2) is 0 Å². The second kappa shape index (κ2) is 6.48. The maximum atomic E-state index is 12.1. The van der Waals surface area contributed by atoms with Crippen molar-refractivity contribution in [3.63, 3.8) is 0 Å². The minimum atomic E-state index is -4.27. The van der Waals surface area contributed by atoms with Gasteiger partial charge in [0.05, 0.1) is 6.10 Å². The quantitative estimate of drug-likeness (QED) is 0.783. The molecule has 0 aromatic heterocycles. The fourth-order valence-electron chi connectivity index (χ4n) is 1.58. The molecule has 1 aromatic rings. The van der Waals surface area contributed by atoms with Gasteiger partial charge in [-0.05, 0) is 41.8 Å². The third kappa shape index (κ3) is 5.31. The van der Waals surface area contributed by atoms with Gasteiger partial charge in [-0.1, -0.05) is 32.4 Å².